The predicted octanol–water partition coefficient (Wildman–Crippen LogP) is 5.28. The maximum atomic E-state index is 13.8. The molecule has 6 nitrogen and oxygen atoms in total. The molecule has 0 unspecified atom stereocenters. The van der Waals surface area contributed by atoms with Gasteiger partial charge in [0.15, 0.2) is 11.6 Å². The largest absolute Gasteiger partial charge is 0.497 e. The molecule has 4 rings (SSSR count). The highest BCUT2D eigenvalue weighted by Crippen LogP contribution is 2.40. The number of rotatable bonds is 10. The monoisotopic (exact) mass is 538 g/mol. The van der Waals surface area contributed by atoms with Gasteiger partial charge in [-0.2, -0.15) is 4.39 Å². The minimum absolute atomic E-state index is 0.0174. The van der Waals surface area contributed by atoms with E-state index in [1.54, 1.807) is 19.2 Å². The maximum Gasteiger partial charge on any atom is 0.200 e. The van der Waals surface area contributed by atoms with Crippen LogP contribution in [-0.4, -0.2) is 60.1 Å². The Morgan fingerprint density at radius 1 is 1.16 bits per heavy atom. The number of methoxy groups -OCH3 is 1. The highest BCUT2D eigenvalue weighted by Gasteiger charge is 2.34. The fraction of sp³-hybridized carbons (Fsp3) is 0.444. The first-order valence-electron chi connectivity index (χ1n) is 12.2. The highest BCUT2D eigenvalue weighted by molar-refractivity contribution is 6.32. The van der Waals surface area contributed by atoms with Gasteiger partial charge in [0.2, 0.25) is 5.82 Å². The molecule has 1 aliphatic heterocycles. The van der Waals surface area contributed by atoms with Crippen molar-refractivity contribution in [3.8, 4) is 11.5 Å². The third-order valence-electron chi connectivity index (χ3n) is 7.23. The topological polar surface area (TPSA) is 75.0 Å². The first-order chi connectivity index (χ1) is 17.7. The Bertz CT molecular complexity index is 1240. The van der Waals surface area contributed by atoms with Crippen molar-refractivity contribution >= 4 is 22.5 Å². The van der Waals surface area contributed by atoms with Crippen molar-refractivity contribution in [1.82, 2.24) is 9.88 Å². The second-order valence-electron chi connectivity index (χ2n) is 9.51. The molecule has 1 atom stereocenters. The maximum absolute atomic E-state index is 13.8. The van der Waals surface area contributed by atoms with Crippen molar-refractivity contribution in [2.45, 2.75) is 31.8 Å². The van der Waals surface area contributed by atoms with Crippen LogP contribution in [0.15, 0.2) is 36.5 Å². The molecule has 2 N–H and O–H groups in total. The molecule has 2 heterocycles. The predicted molar refractivity (Wildman–Crippen MR) is 135 cm³/mol. The van der Waals surface area contributed by atoms with Gasteiger partial charge in [-0.15, -0.1) is 0 Å². The van der Waals surface area contributed by atoms with E-state index in [2.05, 4.69) is 9.88 Å². The van der Waals surface area contributed by atoms with Gasteiger partial charge < -0.3 is 19.7 Å². The molecule has 3 aromatic rings. The van der Waals surface area contributed by atoms with Crippen molar-refractivity contribution in [2.75, 3.05) is 40.0 Å². The van der Waals surface area contributed by atoms with E-state index >= 15 is 0 Å². The number of nitrogens with zero attached hydrogens (tertiary/aromatic N) is 2. The van der Waals surface area contributed by atoms with E-state index in [0.29, 0.717) is 73.2 Å². The molecule has 0 bridgehead atoms. The number of aliphatic hydroxyl groups excluding tert-OH is 2. The van der Waals surface area contributed by atoms with Gasteiger partial charge in [-0.05, 0) is 62.4 Å². The van der Waals surface area contributed by atoms with Crippen LogP contribution in [0.3, 0.4) is 0 Å². The van der Waals surface area contributed by atoms with Crippen LogP contribution in [-0.2, 0) is 0 Å². The molecule has 2 aromatic carbocycles. The summed E-state index contributed by atoms with van der Waals surface area (Å²) in [5.74, 6) is -3.21. The summed E-state index contributed by atoms with van der Waals surface area (Å²) in [4.78, 5) is 6.43. The molecule has 0 saturated carbocycles. The average Bonchev–Trinajstić information content (AvgIpc) is 2.90. The summed E-state index contributed by atoms with van der Waals surface area (Å²) in [6.45, 7) is 1.83. The Morgan fingerprint density at radius 2 is 1.92 bits per heavy atom. The van der Waals surface area contributed by atoms with E-state index in [-0.39, 0.29) is 18.6 Å². The third-order valence-corrected chi connectivity index (χ3v) is 7.53. The van der Waals surface area contributed by atoms with Gasteiger partial charge in [-0.3, -0.25) is 9.88 Å². The van der Waals surface area contributed by atoms with Gasteiger partial charge >= 0.3 is 0 Å². The Balaban J connectivity index is 1.33. The Morgan fingerprint density at radius 3 is 2.62 bits per heavy atom. The van der Waals surface area contributed by atoms with Crippen LogP contribution in [0, 0.1) is 22.9 Å². The first kappa shape index (κ1) is 27.4. The summed E-state index contributed by atoms with van der Waals surface area (Å²) in [5, 5.41) is 22.4. The van der Waals surface area contributed by atoms with Gasteiger partial charge in [-0.25, -0.2) is 8.78 Å². The van der Waals surface area contributed by atoms with Gasteiger partial charge in [0.1, 0.15) is 18.2 Å². The number of pyridine rings is 1. The van der Waals surface area contributed by atoms with Gasteiger partial charge in [0.05, 0.1) is 23.8 Å². The minimum Gasteiger partial charge on any atom is -0.497 e. The lowest BCUT2D eigenvalue weighted by Crippen LogP contribution is -2.43. The van der Waals surface area contributed by atoms with E-state index in [1.807, 2.05) is 6.07 Å². The normalized spacial score (nSPS) is 16.6. The second kappa shape index (κ2) is 11.9. The Kier molecular flexibility index (Phi) is 8.79. The molecule has 200 valence electrons. The number of hydrogen-bond donors (Lipinski definition) is 2. The molecule has 1 aromatic heterocycles. The minimum atomic E-state index is -1.29. The van der Waals surface area contributed by atoms with Crippen LogP contribution >= 0.6 is 11.6 Å². The molecule has 1 aliphatic rings. The molecule has 1 fully saturated rings. The van der Waals surface area contributed by atoms with E-state index < -0.39 is 29.3 Å². The highest BCUT2D eigenvalue weighted by atomic mass is 35.5. The van der Waals surface area contributed by atoms with Gasteiger partial charge in [-0.1, -0.05) is 11.6 Å². The summed E-state index contributed by atoms with van der Waals surface area (Å²) in [6.07, 6.45) is 3.06. The third kappa shape index (κ3) is 6.29. The fourth-order valence-electron chi connectivity index (χ4n) is 4.88. The summed E-state index contributed by atoms with van der Waals surface area (Å²) in [7, 11) is 1.57. The standard InChI is InChI=1S/C27H30ClF3N2O4/c1-36-18-2-3-22-19(14-18)25(20(28)15-32-22)23(35)4-5-27(16-34)6-8-33(9-7-27)10-11-37-24-13-17(29)12-21(30)26(24)31/h2-3,12-15,23,34-35H,4-11,16H2,1H3/t23-/m1/s1. The lowest BCUT2D eigenvalue weighted by molar-refractivity contribution is 0.0204. The number of piperidine rings is 1. The Labute approximate surface area is 218 Å². The zero-order chi connectivity index (χ0) is 26.6. The summed E-state index contributed by atoms with van der Waals surface area (Å²) in [6, 6.07) is 6.71. The van der Waals surface area contributed by atoms with Crippen molar-refractivity contribution in [3.63, 3.8) is 0 Å². The molecular formula is C27H30ClF3N2O4. The SMILES string of the molecule is COc1ccc2ncc(Cl)c([C@H](O)CCC3(CO)CCN(CCOc4cc(F)cc(F)c4F)CC3)c2c1. The summed E-state index contributed by atoms with van der Waals surface area (Å²) < 4.78 is 51.0. The van der Waals surface area contributed by atoms with Crippen LogP contribution < -0.4 is 9.47 Å². The molecule has 37 heavy (non-hydrogen) atoms. The molecule has 10 heteroatoms. The number of halogens is 4. The van der Waals surface area contributed by atoms with E-state index in [9.17, 15) is 23.4 Å². The first-order valence-corrected chi connectivity index (χ1v) is 12.5. The van der Waals surface area contributed by atoms with Crippen molar-refractivity contribution < 1.29 is 32.9 Å². The number of fused-ring (bicyclic) bond motifs is 1. The number of hydrogen-bond acceptors (Lipinski definition) is 6. The smallest absolute Gasteiger partial charge is 0.200 e. The van der Waals surface area contributed by atoms with Gasteiger partial charge in [0.25, 0.3) is 0 Å². The number of ether oxygens (including phenoxy) is 2. The molecule has 0 aliphatic carbocycles. The van der Waals surface area contributed by atoms with Crippen LogP contribution in [0.2, 0.25) is 5.02 Å². The number of likely N-dealkylation sites (tertiary alicyclic amines) is 1. The van der Waals surface area contributed by atoms with Crippen LogP contribution in [0.25, 0.3) is 10.9 Å². The summed E-state index contributed by atoms with van der Waals surface area (Å²) >= 11 is 6.43. The molecule has 1 saturated heterocycles. The van der Waals surface area contributed by atoms with E-state index in [1.165, 1.54) is 6.20 Å². The van der Waals surface area contributed by atoms with Crippen LogP contribution in [0.4, 0.5) is 13.2 Å². The molecule has 0 radical (unpaired) electrons. The van der Waals surface area contributed by atoms with Crippen LogP contribution in [0.5, 0.6) is 11.5 Å². The number of benzene rings is 2. The molecule has 0 spiro atoms. The van der Waals surface area contributed by atoms with Gasteiger partial charge in [0, 0.05) is 42.4 Å². The lowest BCUT2D eigenvalue weighted by atomic mass is 9.74. The van der Waals surface area contributed by atoms with E-state index in [0.717, 1.165) is 11.5 Å². The van der Waals surface area contributed by atoms with Crippen molar-refractivity contribution in [1.29, 1.82) is 0 Å². The van der Waals surface area contributed by atoms with Crippen molar-refractivity contribution in [3.05, 3.63) is 64.6 Å². The quantitative estimate of drug-likeness (QED) is 0.342. The zero-order valence-corrected chi connectivity index (χ0v) is 21.3. The molecular weight excluding hydrogens is 509 g/mol. The van der Waals surface area contributed by atoms with Crippen molar-refractivity contribution in [2.24, 2.45) is 5.41 Å². The van der Waals surface area contributed by atoms with Crippen LogP contribution in [0.1, 0.15) is 37.4 Å². The average molecular weight is 539 g/mol. The summed E-state index contributed by atoms with van der Waals surface area (Å²) in [5.41, 5.74) is 0.935. The van der Waals surface area contributed by atoms with E-state index in [4.69, 9.17) is 21.1 Å². The number of aliphatic hydroxyl groups is 2. The number of aromatic nitrogens is 1. The fourth-order valence-corrected chi connectivity index (χ4v) is 5.16. The second-order valence-corrected chi connectivity index (χ2v) is 9.91. The molecule has 0 amide bonds. The Hall–Kier alpha value is -2.59. The zero-order valence-electron chi connectivity index (χ0n) is 20.5. The lowest BCUT2D eigenvalue weighted by Gasteiger charge is -2.41.